The molecule has 0 aromatic heterocycles. The Morgan fingerprint density at radius 2 is 1.79 bits per heavy atom. The van der Waals surface area contributed by atoms with Crippen molar-refractivity contribution in [1.29, 1.82) is 0 Å². The van der Waals surface area contributed by atoms with Crippen LogP contribution in [0.15, 0.2) is 12.1 Å². The van der Waals surface area contributed by atoms with Crippen molar-refractivity contribution in [3.8, 4) is 5.75 Å². The number of fused-ring (bicyclic) bond motifs is 3. The van der Waals surface area contributed by atoms with Crippen molar-refractivity contribution in [2.45, 2.75) is 51.5 Å². The van der Waals surface area contributed by atoms with E-state index < -0.39 is 70.5 Å². The molecule has 2 saturated carbocycles. The molecular formula is C27H35N3O8. The number of phenolic OH excluding ortho intramolecular Hbond substituents is 1. The molecule has 0 heterocycles. The van der Waals surface area contributed by atoms with E-state index in [-0.39, 0.29) is 29.7 Å². The van der Waals surface area contributed by atoms with E-state index in [1.165, 1.54) is 19.0 Å². The van der Waals surface area contributed by atoms with Crippen LogP contribution in [-0.4, -0.2) is 87.6 Å². The van der Waals surface area contributed by atoms with Gasteiger partial charge >= 0.3 is 0 Å². The number of benzene rings is 1. The Morgan fingerprint density at radius 3 is 2.34 bits per heavy atom. The summed E-state index contributed by atoms with van der Waals surface area (Å²) in [4.78, 5) is 67.4. The van der Waals surface area contributed by atoms with Gasteiger partial charge in [0.2, 0.25) is 5.91 Å². The van der Waals surface area contributed by atoms with Crippen LogP contribution in [0.1, 0.15) is 42.3 Å². The molecule has 1 amide bonds. The molecule has 0 saturated heterocycles. The molecule has 1 aromatic carbocycles. The molecule has 2 unspecified atom stereocenters. The molecule has 206 valence electrons. The number of aromatic hydroxyl groups is 1. The lowest BCUT2D eigenvalue weighted by Gasteiger charge is -2.54. The van der Waals surface area contributed by atoms with Crippen LogP contribution < -0.4 is 11.1 Å². The number of likely N-dealkylation sites (N-methyl/N-ethyl adjacent to an activating group) is 1. The number of aliphatic hydroxyl groups excluding tert-OH is 1. The minimum Gasteiger partial charge on any atom is -0.507 e. The SMILES string of the molecule is CN(C)[C@@H]1C(=O)C(C(N)=O)C(=O)[C@@]2(O)C(=O)C3C(=O)c4c(ccc(CNCC(C)(C)C)c4O)C[C@H]3[C@H](O)[C@@H]12. The van der Waals surface area contributed by atoms with Crippen molar-refractivity contribution in [3.05, 3.63) is 28.8 Å². The summed E-state index contributed by atoms with van der Waals surface area (Å²) < 4.78 is 0. The number of ketones is 4. The standard InChI is InChI=1S/C27H35N3O8/c1-26(2,3)10-29-9-12-7-6-11-8-13-15(21(33)14(11)19(12)31)23(35)27(38)17(20(13)32)18(30(4)5)22(34)16(24(27)36)25(28)37/h6-7,13,15-18,20,29,31-32,38H,8-10H2,1-5H3,(H2,28,37)/t13-,15?,16?,17-,18+,20+,27+/m1/s1. The van der Waals surface area contributed by atoms with Gasteiger partial charge in [0.15, 0.2) is 34.7 Å². The number of hydrogen-bond acceptors (Lipinski definition) is 10. The zero-order valence-corrected chi connectivity index (χ0v) is 22.1. The molecule has 3 aliphatic rings. The highest BCUT2D eigenvalue weighted by molar-refractivity contribution is 6.32. The first-order valence-corrected chi connectivity index (χ1v) is 12.6. The number of carbonyl (C=O) groups excluding carboxylic acids is 5. The van der Waals surface area contributed by atoms with E-state index in [9.17, 15) is 39.3 Å². The number of hydrogen-bond donors (Lipinski definition) is 5. The summed E-state index contributed by atoms with van der Waals surface area (Å²) in [7, 11) is 2.91. The number of nitrogens with one attached hydrogen (secondary N) is 1. The predicted octanol–water partition coefficient (Wildman–Crippen LogP) is -1.03. The van der Waals surface area contributed by atoms with E-state index in [1.807, 2.05) is 20.8 Å². The van der Waals surface area contributed by atoms with Gasteiger partial charge in [0.1, 0.15) is 5.75 Å². The van der Waals surface area contributed by atoms with Gasteiger partial charge in [-0.3, -0.25) is 28.9 Å². The molecule has 6 N–H and O–H groups in total. The normalized spacial score (nSPS) is 33.2. The lowest BCUT2D eigenvalue weighted by molar-refractivity contribution is -0.195. The molecular weight excluding hydrogens is 494 g/mol. The van der Waals surface area contributed by atoms with Crippen molar-refractivity contribution in [2.24, 2.45) is 34.8 Å². The van der Waals surface area contributed by atoms with E-state index in [1.54, 1.807) is 12.1 Å². The van der Waals surface area contributed by atoms with Crippen LogP contribution in [0, 0.1) is 29.1 Å². The monoisotopic (exact) mass is 529 g/mol. The van der Waals surface area contributed by atoms with Crippen molar-refractivity contribution in [1.82, 2.24) is 10.2 Å². The highest BCUT2D eigenvalue weighted by Crippen LogP contribution is 2.51. The van der Waals surface area contributed by atoms with Gasteiger partial charge in [-0.05, 0) is 31.5 Å². The summed E-state index contributed by atoms with van der Waals surface area (Å²) in [5, 5.41) is 37.3. The lowest BCUT2D eigenvalue weighted by Crippen LogP contribution is -2.77. The second-order valence-electron chi connectivity index (χ2n) is 12.1. The Hall–Kier alpha value is -2.99. The number of primary amides is 1. The fourth-order valence-corrected chi connectivity index (χ4v) is 6.35. The summed E-state index contributed by atoms with van der Waals surface area (Å²) >= 11 is 0. The summed E-state index contributed by atoms with van der Waals surface area (Å²) in [6.45, 7) is 7.01. The maximum atomic E-state index is 13.8. The van der Waals surface area contributed by atoms with Gasteiger partial charge < -0.3 is 26.4 Å². The molecule has 0 bridgehead atoms. The Labute approximate surface area is 220 Å². The van der Waals surface area contributed by atoms with E-state index in [0.717, 1.165) is 0 Å². The quantitative estimate of drug-likeness (QED) is 0.295. The van der Waals surface area contributed by atoms with Crippen molar-refractivity contribution >= 4 is 29.0 Å². The Bertz CT molecular complexity index is 1240. The molecule has 0 spiro atoms. The summed E-state index contributed by atoms with van der Waals surface area (Å²) in [5.41, 5.74) is 3.04. The lowest BCUT2D eigenvalue weighted by atomic mass is 9.51. The first kappa shape index (κ1) is 28.0. The van der Waals surface area contributed by atoms with Gasteiger partial charge in [-0.1, -0.05) is 32.9 Å². The second kappa shape index (κ2) is 9.33. The third-order valence-electron chi connectivity index (χ3n) is 8.07. The maximum Gasteiger partial charge on any atom is 0.235 e. The number of rotatable bonds is 5. The number of amides is 1. The fraction of sp³-hybridized carbons (Fsp3) is 0.593. The Morgan fingerprint density at radius 1 is 1.16 bits per heavy atom. The average molecular weight is 530 g/mol. The van der Waals surface area contributed by atoms with Crippen LogP contribution in [0.5, 0.6) is 5.75 Å². The smallest absolute Gasteiger partial charge is 0.235 e. The van der Waals surface area contributed by atoms with E-state index >= 15 is 0 Å². The third kappa shape index (κ3) is 4.08. The molecule has 1 aromatic rings. The number of Topliss-reactive ketones (excluding diaryl/α,β-unsaturated/α-hetero) is 4. The van der Waals surface area contributed by atoms with Gasteiger partial charge in [0.05, 0.1) is 29.5 Å². The van der Waals surface area contributed by atoms with Crippen molar-refractivity contribution in [2.75, 3.05) is 20.6 Å². The molecule has 11 nitrogen and oxygen atoms in total. The first-order valence-electron chi connectivity index (χ1n) is 12.6. The molecule has 0 radical (unpaired) electrons. The number of nitrogens with two attached hydrogens (primary N) is 1. The zero-order valence-electron chi connectivity index (χ0n) is 22.1. The van der Waals surface area contributed by atoms with Gasteiger partial charge in [-0.25, -0.2) is 0 Å². The summed E-state index contributed by atoms with van der Waals surface area (Å²) in [6.07, 6.45) is -1.62. The summed E-state index contributed by atoms with van der Waals surface area (Å²) in [5.74, 6) is -12.4. The third-order valence-corrected chi connectivity index (χ3v) is 8.07. The fourth-order valence-electron chi connectivity index (χ4n) is 6.35. The van der Waals surface area contributed by atoms with Crippen LogP contribution in [0.25, 0.3) is 0 Å². The molecule has 7 atom stereocenters. The average Bonchev–Trinajstić information content (AvgIpc) is 2.79. The number of carbonyl (C=O) groups is 5. The Balaban J connectivity index is 1.79. The summed E-state index contributed by atoms with van der Waals surface area (Å²) in [6, 6.07) is 1.94. The molecule has 11 heteroatoms. The van der Waals surface area contributed by atoms with Gasteiger partial charge in [-0.15, -0.1) is 0 Å². The van der Waals surface area contributed by atoms with Crippen molar-refractivity contribution in [3.63, 3.8) is 0 Å². The minimum absolute atomic E-state index is 0.00371. The van der Waals surface area contributed by atoms with Gasteiger partial charge in [0, 0.05) is 24.6 Å². The van der Waals surface area contributed by atoms with Crippen LogP contribution in [0.2, 0.25) is 0 Å². The molecule has 2 fully saturated rings. The number of aliphatic hydroxyl groups is 2. The number of nitrogens with zero attached hydrogens (tertiary/aromatic N) is 1. The van der Waals surface area contributed by atoms with Crippen LogP contribution in [0.3, 0.4) is 0 Å². The highest BCUT2D eigenvalue weighted by atomic mass is 16.3. The highest BCUT2D eigenvalue weighted by Gasteiger charge is 2.72. The second-order valence-corrected chi connectivity index (χ2v) is 12.1. The Kier molecular flexibility index (Phi) is 6.89. The predicted molar refractivity (Wildman–Crippen MR) is 134 cm³/mol. The largest absolute Gasteiger partial charge is 0.507 e. The van der Waals surface area contributed by atoms with Gasteiger partial charge in [-0.2, -0.15) is 0 Å². The molecule has 0 aliphatic heterocycles. The van der Waals surface area contributed by atoms with E-state index in [4.69, 9.17) is 5.73 Å². The van der Waals surface area contributed by atoms with E-state index in [0.29, 0.717) is 17.7 Å². The molecule has 3 aliphatic carbocycles. The van der Waals surface area contributed by atoms with Gasteiger partial charge in [0.25, 0.3) is 0 Å². The van der Waals surface area contributed by atoms with E-state index in [2.05, 4.69) is 5.32 Å². The number of phenols is 1. The van der Waals surface area contributed by atoms with Crippen LogP contribution >= 0.6 is 0 Å². The maximum absolute atomic E-state index is 13.8. The minimum atomic E-state index is -2.99. The molecule has 4 rings (SSSR count). The van der Waals surface area contributed by atoms with Crippen molar-refractivity contribution < 1.29 is 39.3 Å². The van der Waals surface area contributed by atoms with Crippen LogP contribution in [0.4, 0.5) is 0 Å². The topological polar surface area (TPSA) is 187 Å². The zero-order chi connectivity index (χ0) is 28.5. The molecule has 38 heavy (non-hydrogen) atoms. The first-order chi connectivity index (χ1) is 17.5. The van der Waals surface area contributed by atoms with Crippen LogP contribution in [-0.2, 0) is 32.1 Å².